The number of hydrogen-bond acceptors (Lipinski definition) is 3. The van der Waals surface area contributed by atoms with Crippen molar-refractivity contribution in [1.82, 2.24) is 5.32 Å². The van der Waals surface area contributed by atoms with Crippen LogP contribution in [0.2, 0.25) is 0 Å². The van der Waals surface area contributed by atoms with Gasteiger partial charge in [0.2, 0.25) is 5.91 Å². The highest BCUT2D eigenvalue weighted by Gasteiger charge is 2.33. The van der Waals surface area contributed by atoms with Gasteiger partial charge in [0.25, 0.3) is 0 Å². The summed E-state index contributed by atoms with van der Waals surface area (Å²) in [6.45, 7) is 3.99. The van der Waals surface area contributed by atoms with E-state index in [0.29, 0.717) is 26.2 Å². The Kier molecular flexibility index (Phi) is 5.05. The zero-order valence-corrected chi connectivity index (χ0v) is 9.67. The normalized spacial score (nSPS) is 19.9. The Hall–Kier alpha value is -0.610. The first-order valence-corrected chi connectivity index (χ1v) is 5.60. The molecule has 1 rings (SSSR count). The summed E-state index contributed by atoms with van der Waals surface area (Å²) >= 11 is 0. The van der Waals surface area contributed by atoms with Crippen molar-refractivity contribution in [1.29, 1.82) is 0 Å². The van der Waals surface area contributed by atoms with E-state index in [0.717, 1.165) is 19.3 Å². The van der Waals surface area contributed by atoms with Crippen LogP contribution in [0.3, 0.4) is 0 Å². The minimum absolute atomic E-state index is 0.122. The van der Waals surface area contributed by atoms with E-state index in [1.165, 1.54) is 0 Å². The van der Waals surface area contributed by atoms with Gasteiger partial charge in [-0.05, 0) is 19.3 Å². The molecule has 1 heterocycles. The number of carbonyl (C=O) groups is 1. The van der Waals surface area contributed by atoms with Gasteiger partial charge in [0, 0.05) is 26.7 Å². The summed E-state index contributed by atoms with van der Waals surface area (Å²) in [7, 11) is 1.67. The third-order valence-electron chi connectivity index (χ3n) is 2.75. The van der Waals surface area contributed by atoms with Gasteiger partial charge in [-0.2, -0.15) is 0 Å². The molecule has 0 saturated carbocycles. The molecule has 1 saturated heterocycles. The fourth-order valence-corrected chi connectivity index (χ4v) is 1.93. The van der Waals surface area contributed by atoms with Crippen LogP contribution in [-0.2, 0) is 14.3 Å². The van der Waals surface area contributed by atoms with Gasteiger partial charge in [-0.1, -0.05) is 6.92 Å². The zero-order valence-electron chi connectivity index (χ0n) is 9.67. The number of rotatable bonds is 5. The van der Waals surface area contributed by atoms with Crippen molar-refractivity contribution in [2.24, 2.45) is 0 Å². The predicted molar refractivity (Wildman–Crippen MR) is 57.7 cm³/mol. The van der Waals surface area contributed by atoms with E-state index in [1.54, 1.807) is 7.11 Å². The lowest BCUT2D eigenvalue weighted by atomic mass is 9.90. The maximum absolute atomic E-state index is 11.6. The minimum atomic E-state index is -0.195. The van der Waals surface area contributed by atoms with Gasteiger partial charge in [-0.3, -0.25) is 4.79 Å². The van der Waals surface area contributed by atoms with Crippen LogP contribution in [0.1, 0.15) is 32.6 Å². The summed E-state index contributed by atoms with van der Waals surface area (Å²) in [6, 6.07) is 0. The summed E-state index contributed by atoms with van der Waals surface area (Å²) in [4.78, 5) is 11.6. The number of methoxy groups -OCH3 is 1. The molecule has 0 radical (unpaired) electrons. The van der Waals surface area contributed by atoms with Gasteiger partial charge < -0.3 is 14.8 Å². The number of nitrogens with one attached hydrogen (secondary N) is 1. The molecule has 88 valence electrons. The van der Waals surface area contributed by atoms with Gasteiger partial charge in [-0.25, -0.2) is 0 Å². The summed E-state index contributed by atoms with van der Waals surface area (Å²) in [6.07, 6.45) is 3.16. The molecule has 1 N–H and O–H groups in total. The number of carbonyl (C=O) groups excluding carboxylic acids is 1. The van der Waals surface area contributed by atoms with E-state index < -0.39 is 0 Å². The largest absolute Gasteiger partial charge is 0.382 e. The summed E-state index contributed by atoms with van der Waals surface area (Å²) in [5.74, 6) is 0.122. The van der Waals surface area contributed by atoms with Gasteiger partial charge in [0.05, 0.1) is 12.1 Å². The van der Waals surface area contributed by atoms with Crippen molar-refractivity contribution in [3.8, 4) is 0 Å². The summed E-state index contributed by atoms with van der Waals surface area (Å²) in [5, 5.41) is 3.09. The second kappa shape index (κ2) is 6.08. The molecule has 0 unspecified atom stereocenters. The Morgan fingerprint density at radius 3 is 2.67 bits per heavy atom. The molecule has 1 aliphatic rings. The molecule has 1 fully saturated rings. The lowest BCUT2D eigenvalue weighted by Crippen LogP contribution is -2.54. The lowest BCUT2D eigenvalue weighted by molar-refractivity contribution is -0.125. The number of hydrogen-bond donors (Lipinski definition) is 1. The lowest BCUT2D eigenvalue weighted by Gasteiger charge is -2.37. The van der Waals surface area contributed by atoms with E-state index in [4.69, 9.17) is 9.47 Å². The fourth-order valence-electron chi connectivity index (χ4n) is 1.93. The van der Waals surface area contributed by atoms with Crippen LogP contribution in [0.15, 0.2) is 0 Å². The average molecular weight is 215 g/mol. The Labute approximate surface area is 91.3 Å². The minimum Gasteiger partial charge on any atom is -0.382 e. The molecule has 15 heavy (non-hydrogen) atoms. The van der Waals surface area contributed by atoms with E-state index in [1.807, 2.05) is 6.92 Å². The maximum atomic E-state index is 11.6. The highest BCUT2D eigenvalue weighted by Crippen LogP contribution is 2.21. The third-order valence-corrected chi connectivity index (χ3v) is 2.75. The topological polar surface area (TPSA) is 47.6 Å². The first-order chi connectivity index (χ1) is 7.22. The first-order valence-electron chi connectivity index (χ1n) is 5.60. The summed E-state index contributed by atoms with van der Waals surface area (Å²) in [5.41, 5.74) is -0.195. The van der Waals surface area contributed by atoms with Crippen molar-refractivity contribution in [2.45, 2.75) is 38.1 Å². The van der Waals surface area contributed by atoms with Crippen LogP contribution in [0, 0.1) is 0 Å². The Balaban J connectivity index is 2.51. The van der Waals surface area contributed by atoms with E-state index in [9.17, 15) is 4.79 Å². The van der Waals surface area contributed by atoms with Crippen molar-refractivity contribution in [2.75, 3.05) is 26.9 Å². The molecule has 0 aromatic heterocycles. The van der Waals surface area contributed by atoms with Crippen molar-refractivity contribution >= 4 is 5.91 Å². The molecule has 4 nitrogen and oxygen atoms in total. The van der Waals surface area contributed by atoms with Crippen LogP contribution < -0.4 is 5.32 Å². The Bertz CT molecular complexity index is 194. The molecule has 1 amide bonds. The van der Waals surface area contributed by atoms with Gasteiger partial charge in [0.15, 0.2) is 0 Å². The molecule has 0 atom stereocenters. The van der Waals surface area contributed by atoms with Crippen molar-refractivity contribution in [3.63, 3.8) is 0 Å². The SMILES string of the molecule is CCCC(=O)NC1(COC)CCOCC1. The fraction of sp³-hybridized carbons (Fsp3) is 0.909. The number of ether oxygens (including phenoxy) is 2. The smallest absolute Gasteiger partial charge is 0.220 e. The molecule has 4 heteroatoms. The van der Waals surface area contributed by atoms with Gasteiger partial charge >= 0.3 is 0 Å². The molecule has 0 aromatic rings. The molecule has 1 aliphatic heterocycles. The second-order valence-corrected chi connectivity index (χ2v) is 4.12. The predicted octanol–water partition coefficient (Wildman–Crippen LogP) is 1.10. The summed E-state index contributed by atoms with van der Waals surface area (Å²) < 4.78 is 10.5. The first kappa shape index (κ1) is 12.5. The molecule has 0 spiro atoms. The van der Waals surface area contributed by atoms with E-state index in [-0.39, 0.29) is 11.4 Å². The third kappa shape index (κ3) is 3.80. The highest BCUT2D eigenvalue weighted by molar-refractivity contribution is 5.76. The van der Waals surface area contributed by atoms with Crippen LogP contribution in [-0.4, -0.2) is 38.4 Å². The highest BCUT2D eigenvalue weighted by atomic mass is 16.5. The zero-order chi connectivity index (χ0) is 11.1. The average Bonchev–Trinajstić information content (AvgIpc) is 2.19. The quantitative estimate of drug-likeness (QED) is 0.747. The van der Waals surface area contributed by atoms with Crippen molar-refractivity contribution in [3.05, 3.63) is 0 Å². The Morgan fingerprint density at radius 1 is 1.47 bits per heavy atom. The van der Waals surface area contributed by atoms with Crippen molar-refractivity contribution < 1.29 is 14.3 Å². The molecule has 0 aromatic carbocycles. The second-order valence-electron chi connectivity index (χ2n) is 4.12. The molecule has 0 aliphatic carbocycles. The molecule has 0 bridgehead atoms. The monoisotopic (exact) mass is 215 g/mol. The standard InChI is InChI=1S/C11H21NO3/c1-3-4-10(13)12-11(9-14-2)5-7-15-8-6-11/h3-9H2,1-2H3,(H,12,13). The van der Waals surface area contributed by atoms with Crippen LogP contribution in [0.4, 0.5) is 0 Å². The van der Waals surface area contributed by atoms with Crippen LogP contribution >= 0.6 is 0 Å². The van der Waals surface area contributed by atoms with Crippen LogP contribution in [0.25, 0.3) is 0 Å². The van der Waals surface area contributed by atoms with Crippen LogP contribution in [0.5, 0.6) is 0 Å². The maximum Gasteiger partial charge on any atom is 0.220 e. The molecular formula is C11H21NO3. The van der Waals surface area contributed by atoms with Gasteiger partial charge in [-0.15, -0.1) is 0 Å². The molecular weight excluding hydrogens is 194 g/mol. The van der Waals surface area contributed by atoms with E-state index >= 15 is 0 Å². The number of amides is 1. The van der Waals surface area contributed by atoms with E-state index in [2.05, 4.69) is 5.32 Å². The van der Waals surface area contributed by atoms with Gasteiger partial charge in [0.1, 0.15) is 0 Å². The Morgan fingerprint density at radius 2 is 2.13 bits per heavy atom.